The molecule has 3 rings (SSSR count). The van der Waals surface area contributed by atoms with Gasteiger partial charge in [-0.3, -0.25) is 0 Å². The number of hydrogen-bond acceptors (Lipinski definition) is 0. The van der Waals surface area contributed by atoms with Crippen molar-refractivity contribution in [3.05, 3.63) is 29.7 Å². The van der Waals surface area contributed by atoms with Crippen LogP contribution >= 0.6 is 0 Å². The lowest BCUT2D eigenvalue weighted by Crippen LogP contribution is -2.28. The minimum atomic E-state index is 0.414. The fourth-order valence-electron chi connectivity index (χ4n) is 3.56. The topological polar surface area (TPSA) is 8.81 Å². The maximum absolute atomic E-state index is 2.41. The first-order valence-corrected chi connectivity index (χ1v) is 7.33. The van der Waals surface area contributed by atoms with Crippen LogP contribution in [-0.2, 0) is 26.9 Å². The lowest BCUT2D eigenvalue weighted by Gasteiger charge is -2.34. The van der Waals surface area contributed by atoms with E-state index < -0.39 is 0 Å². The molecule has 2 nitrogen and oxygen atoms in total. The molecule has 1 unspecified atom stereocenters. The van der Waals surface area contributed by atoms with E-state index in [-0.39, 0.29) is 0 Å². The van der Waals surface area contributed by atoms with E-state index in [0.717, 1.165) is 5.92 Å². The van der Waals surface area contributed by atoms with Crippen LogP contribution in [0.5, 0.6) is 0 Å². The van der Waals surface area contributed by atoms with Gasteiger partial charge in [0.2, 0.25) is 0 Å². The van der Waals surface area contributed by atoms with E-state index in [4.69, 9.17) is 0 Å². The molecule has 0 bridgehead atoms. The molecule has 0 saturated heterocycles. The summed E-state index contributed by atoms with van der Waals surface area (Å²) in [6.45, 7) is 7.15. The summed E-state index contributed by atoms with van der Waals surface area (Å²) >= 11 is 0. The predicted molar refractivity (Wildman–Crippen MR) is 79.1 cm³/mol. The van der Waals surface area contributed by atoms with Gasteiger partial charge in [-0.15, -0.1) is 0 Å². The second-order valence-electron chi connectivity index (χ2n) is 7.20. The summed E-state index contributed by atoms with van der Waals surface area (Å²) < 4.78 is 4.58. The highest BCUT2D eigenvalue weighted by atomic mass is 15.0. The van der Waals surface area contributed by atoms with E-state index in [1.807, 2.05) is 0 Å². The standard InChI is InChI=1S/C17H25N2/c1-17(2,3)12-6-7-15-13(10-12)14-11-18(4)9-8-16(14)19(15)5/h8-9,11-12H,6-7,10H2,1-5H3/q+1. The Labute approximate surface area is 116 Å². The largest absolute Gasteiger partial charge is 0.347 e. The molecule has 1 aliphatic carbocycles. The van der Waals surface area contributed by atoms with E-state index >= 15 is 0 Å². The molecule has 102 valence electrons. The lowest BCUT2D eigenvalue weighted by atomic mass is 9.71. The Morgan fingerprint density at radius 2 is 2.05 bits per heavy atom. The van der Waals surface area contributed by atoms with Crippen molar-refractivity contribution in [2.75, 3.05) is 0 Å². The van der Waals surface area contributed by atoms with Crippen LogP contribution in [0, 0.1) is 11.3 Å². The highest BCUT2D eigenvalue weighted by Gasteiger charge is 2.31. The summed E-state index contributed by atoms with van der Waals surface area (Å²) in [4.78, 5) is 0. The normalized spacial score (nSPS) is 19.7. The van der Waals surface area contributed by atoms with Crippen LogP contribution in [0.4, 0.5) is 0 Å². The van der Waals surface area contributed by atoms with Crippen molar-refractivity contribution in [2.24, 2.45) is 25.4 Å². The zero-order chi connectivity index (χ0) is 13.8. The number of pyridine rings is 1. The number of hydrogen-bond donors (Lipinski definition) is 0. The molecule has 1 aliphatic rings. The van der Waals surface area contributed by atoms with Gasteiger partial charge in [-0.1, -0.05) is 20.8 Å². The molecule has 2 aromatic heterocycles. The smallest absolute Gasteiger partial charge is 0.178 e. The van der Waals surface area contributed by atoms with Crippen molar-refractivity contribution in [3.63, 3.8) is 0 Å². The predicted octanol–water partition coefficient (Wildman–Crippen LogP) is 3.15. The van der Waals surface area contributed by atoms with Gasteiger partial charge < -0.3 is 4.57 Å². The van der Waals surface area contributed by atoms with Crippen molar-refractivity contribution in [1.82, 2.24) is 4.57 Å². The molecular weight excluding hydrogens is 232 g/mol. The summed E-state index contributed by atoms with van der Waals surface area (Å²) in [6, 6.07) is 2.25. The van der Waals surface area contributed by atoms with Gasteiger partial charge in [-0.2, -0.15) is 0 Å². The van der Waals surface area contributed by atoms with E-state index in [2.05, 4.69) is 62.5 Å². The zero-order valence-corrected chi connectivity index (χ0v) is 12.8. The Hall–Kier alpha value is -1.31. The fourth-order valence-corrected chi connectivity index (χ4v) is 3.56. The van der Waals surface area contributed by atoms with Gasteiger partial charge in [0.15, 0.2) is 12.4 Å². The second-order valence-corrected chi connectivity index (χ2v) is 7.20. The third-order valence-electron chi connectivity index (χ3n) is 4.92. The Morgan fingerprint density at radius 1 is 1.32 bits per heavy atom. The van der Waals surface area contributed by atoms with Gasteiger partial charge in [0.25, 0.3) is 0 Å². The van der Waals surface area contributed by atoms with Crippen LogP contribution in [0.15, 0.2) is 18.5 Å². The van der Waals surface area contributed by atoms with E-state index in [9.17, 15) is 0 Å². The van der Waals surface area contributed by atoms with Gasteiger partial charge in [0.1, 0.15) is 7.05 Å². The van der Waals surface area contributed by atoms with Gasteiger partial charge >= 0.3 is 0 Å². The molecule has 0 amide bonds. The molecular formula is C17H25N2+. The third kappa shape index (κ3) is 1.98. The average molecular weight is 257 g/mol. The molecule has 0 aromatic carbocycles. The Bertz CT molecular complexity index is 629. The first-order valence-electron chi connectivity index (χ1n) is 7.33. The van der Waals surface area contributed by atoms with Crippen LogP contribution in [0.25, 0.3) is 10.9 Å². The fraction of sp³-hybridized carbons (Fsp3) is 0.588. The van der Waals surface area contributed by atoms with E-state index in [0.29, 0.717) is 5.41 Å². The molecule has 2 aromatic rings. The van der Waals surface area contributed by atoms with Gasteiger partial charge in [-0.25, -0.2) is 4.57 Å². The monoisotopic (exact) mass is 257 g/mol. The highest BCUT2D eigenvalue weighted by molar-refractivity contribution is 5.84. The number of nitrogens with zero attached hydrogens (tertiary/aromatic N) is 2. The summed E-state index contributed by atoms with van der Waals surface area (Å²) in [5, 5.41) is 1.46. The molecule has 0 radical (unpaired) electrons. The number of rotatable bonds is 0. The van der Waals surface area contributed by atoms with Crippen LogP contribution < -0.4 is 4.57 Å². The molecule has 0 aliphatic heterocycles. The molecule has 0 fully saturated rings. The highest BCUT2D eigenvalue weighted by Crippen LogP contribution is 2.40. The molecule has 2 heteroatoms. The molecule has 0 N–H and O–H groups in total. The number of aryl methyl sites for hydroxylation is 2. The summed E-state index contributed by atoms with van der Waals surface area (Å²) in [5.74, 6) is 0.802. The lowest BCUT2D eigenvalue weighted by molar-refractivity contribution is -0.670. The van der Waals surface area contributed by atoms with Crippen molar-refractivity contribution < 1.29 is 4.57 Å². The minimum absolute atomic E-state index is 0.414. The third-order valence-corrected chi connectivity index (χ3v) is 4.92. The molecule has 19 heavy (non-hydrogen) atoms. The van der Waals surface area contributed by atoms with Crippen LogP contribution in [0.3, 0.4) is 0 Å². The summed E-state index contributed by atoms with van der Waals surface area (Å²) in [6.07, 6.45) is 8.23. The van der Waals surface area contributed by atoms with E-state index in [1.54, 1.807) is 11.3 Å². The van der Waals surface area contributed by atoms with Crippen molar-refractivity contribution in [1.29, 1.82) is 0 Å². The van der Waals surface area contributed by atoms with Crippen molar-refractivity contribution >= 4 is 10.9 Å². The van der Waals surface area contributed by atoms with Gasteiger partial charge in [0.05, 0.1) is 10.9 Å². The number of aromatic nitrogens is 2. The molecule has 2 heterocycles. The first-order chi connectivity index (χ1) is 8.88. The second kappa shape index (κ2) is 4.09. The Kier molecular flexibility index (Phi) is 2.74. The SMILES string of the molecule is Cn1c2c(c3c[n+](C)ccc31)CC(C(C)(C)C)CC2. The minimum Gasteiger partial charge on any atom is -0.347 e. The Morgan fingerprint density at radius 3 is 2.74 bits per heavy atom. The maximum atomic E-state index is 2.41. The number of fused-ring (bicyclic) bond motifs is 3. The van der Waals surface area contributed by atoms with Gasteiger partial charge in [0, 0.05) is 18.8 Å². The van der Waals surface area contributed by atoms with Crippen molar-refractivity contribution in [3.8, 4) is 0 Å². The Balaban J connectivity index is 2.15. The van der Waals surface area contributed by atoms with Gasteiger partial charge in [-0.05, 0) is 36.2 Å². The molecule has 1 atom stereocenters. The molecule has 0 saturated carbocycles. The quantitative estimate of drug-likeness (QED) is 0.641. The summed E-state index contributed by atoms with van der Waals surface area (Å²) in [5.41, 5.74) is 4.95. The zero-order valence-electron chi connectivity index (χ0n) is 12.8. The van der Waals surface area contributed by atoms with Crippen LogP contribution in [0.1, 0.15) is 38.4 Å². The van der Waals surface area contributed by atoms with Crippen LogP contribution in [0.2, 0.25) is 0 Å². The maximum Gasteiger partial charge on any atom is 0.178 e. The summed E-state index contributed by atoms with van der Waals surface area (Å²) in [7, 11) is 4.33. The average Bonchev–Trinajstić information content (AvgIpc) is 2.61. The van der Waals surface area contributed by atoms with Crippen LogP contribution in [-0.4, -0.2) is 4.57 Å². The van der Waals surface area contributed by atoms with E-state index in [1.165, 1.54) is 30.2 Å². The molecule has 0 spiro atoms. The first kappa shape index (κ1) is 12.7. The van der Waals surface area contributed by atoms with Crippen molar-refractivity contribution in [2.45, 2.75) is 40.0 Å².